The number of amides is 1. The molecule has 1 aromatic carbocycles. The number of halogens is 1. The third kappa shape index (κ3) is 5.21. The normalized spacial score (nSPS) is 18.9. The predicted octanol–water partition coefficient (Wildman–Crippen LogP) is 2.38. The Kier molecular flexibility index (Phi) is 6.08. The van der Waals surface area contributed by atoms with Crippen molar-refractivity contribution in [1.82, 2.24) is 10.0 Å². The lowest BCUT2D eigenvalue weighted by Crippen LogP contribution is -2.40. The Balaban J connectivity index is 1.67. The minimum absolute atomic E-state index is 0.0201. The molecule has 0 unspecified atom stereocenters. The van der Waals surface area contributed by atoms with E-state index in [0.717, 1.165) is 38.5 Å². The van der Waals surface area contributed by atoms with Crippen LogP contribution < -0.4 is 10.0 Å². The maximum Gasteiger partial charge on any atom is 0.338 e. The zero-order chi connectivity index (χ0) is 19.6. The molecule has 2 aliphatic carbocycles. The summed E-state index contributed by atoms with van der Waals surface area (Å²) < 4.78 is 32.5. The summed E-state index contributed by atoms with van der Waals surface area (Å²) in [6.45, 7) is 1.49. The fourth-order valence-corrected chi connectivity index (χ4v) is 4.82. The zero-order valence-electron chi connectivity index (χ0n) is 15.0. The average molecular weight is 415 g/mol. The molecular weight excluding hydrogens is 392 g/mol. The second kappa shape index (κ2) is 8.16. The Morgan fingerprint density at radius 2 is 1.81 bits per heavy atom. The van der Waals surface area contributed by atoms with Crippen molar-refractivity contribution >= 4 is 33.5 Å². The van der Waals surface area contributed by atoms with Gasteiger partial charge in [0.25, 0.3) is 5.91 Å². The van der Waals surface area contributed by atoms with Crippen molar-refractivity contribution in [3.63, 3.8) is 0 Å². The van der Waals surface area contributed by atoms with Gasteiger partial charge in [0.05, 0.1) is 10.6 Å². The van der Waals surface area contributed by atoms with E-state index in [4.69, 9.17) is 16.3 Å². The minimum Gasteiger partial charge on any atom is -0.449 e. The van der Waals surface area contributed by atoms with Crippen LogP contribution in [0.25, 0.3) is 0 Å². The van der Waals surface area contributed by atoms with Gasteiger partial charge in [-0.3, -0.25) is 4.79 Å². The van der Waals surface area contributed by atoms with Crippen LogP contribution in [0.5, 0.6) is 0 Å². The van der Waals surface area contributed by atoms with Gasteiger partial charge in [-0.2, -0.15) is 0 Å². The first-order valence-electron chi connectivity index (χ1n) is 9.09. The topological polar surface area (TPSA) is 102 Å². The summed E-state index contributed by atoms with van der Waals surface area (Å²) in [4.78, 5) is 24.3. The van der Waals surface area contributed by atoms with E-state index in [0.29, 0.717) is 0 Å². The highest BCUT2D eigenvalue weighted by molar-refractivity contribution is 7.89. The molecule has 0 bridgehead atoms. The molecule has 148 valence electrons. The van der Waals surface area contributed by atoms with E-state index in [-0.39, 0.29) is 33.5 Å². The summed E-state index contributed by atoms with van der Waals surface area (Å²) in [5.74, 6) is -1.13. The molecule has 0 aliphatic heterocycles. The van der Waals surface area contributed by atoms with E-state index in [2.05, 4.69) is 10.0 Å². The number of benzene rings is 1. The monoisotopic (exact) mass is 414 g/mol. The van der Waals surface area contributed by atoms with Crippen molar-refractivity contribution in [3.05, 3.63) is 28.8 Å². The summed E-state index contributed by atoms with van der Waals surface area (Å²) in [6.07, 6.45) is 4.61. The first-order valence-corrected chi connectivity index (χ1v) is 11.0. The van der Waals surface area contributed by atoms with Crippen LogP contribution in [0.3, 0.4) is 0 Å². The molecule has 2 fully saturated rings. The Morgan fingerprint density at radius 3 is 2.44 bits per heavy atom. The van der Waals surface area contributed by atoms with Crippen molar-refractivity contribution in [2.24, 2.45) is 0 Å². The number of esters is 1. The standard InChI is InChI=1S/C18H23ClN2O5S/c1-11(17(22)20-13-4-2-3-5-13)26-18(23)12-6-9-15(19)16(10-12)27(24,25)21-14-7-8-14/h6,9-11,13-14,21H,2-5,7-8H2,1H3,(H,20,22)/t11-/m1/s1. The van der Waals surface area contributed by atoms with Gasteiger partial charge in [0.1, 0.15) is 4.90 Å². The van der Waals surface area contributed by atoms with Crippen LogP contribution in [0.2, 0.25) is 5.02 Å². The molecule has 2 saturated carbocycles. The highest BCUT2D eigenvalue weighted by Crippen LogP contribution is 2.27. The molecule has 1 aromatic rings. The van der Waals surface area contributed by atoms with Crippen molar-refractivity contribution in [2.75, 3.05) is 0 Å². The Hall–Kier alpha value is -1.64. The number of hydrogen-bond acceptors (Lipinski definition) is 5. The number of hydrogen-bond donors (Lipinski definition) is 2. The van der Waals surface area contributed by atoms with Crippen molar-refractivity contribution in [2.45, 2.75) is 68.5 Å². The Morgan fingerprint density at radius 1 is 1.15 bits per heavy atom. The Bertz CT molecular complexity index is 832. The number of carbonyl (C=O) groups is 2. The second-order valence-electron chi connectivity index (χ2n) is 7.08. The lowest BCUT2D eigenvalue weighted by Gasteiger charge is -2.17. The number of carbonyl (C=O) groups excluding carboxylic acids is 2. The number of sulfonamides is 1. The van der Waals surface area contributed by atoms with Crippen LogP contribution in [-0.2, 0) is 19.6 Å². The van der Waals surface area contributed by atoms with Gasteiger partial charge in [-0.1, -0.05) is 24.4 Å². The van der Waals surface area contributed by atoms with Crippen molar-refractivity contribution in [3.8, 4) is 0 Å². The molecule has 0 spiro atoms. The van der Waals surface area contributed by atoms with E-state index in [1.807, 2.05) is 0 Å². The lowest BCUT2D eigenvalue weighted by atomic mass is 10.2. The summed E-state index contributed by atoms with van der Waals surface area (Å²) in [6, 6.07) is 3.93. The summed E-state index contributed by atoms with van der Waals surface area (Å²) >= 11 is 6.01. The van der Waals surface area contributed by atoms with Gasteiger partial charge in [-0.05, 0) is 50.8 Å². The minimum atomic E-state index is -3.81. The Labute approximate surface area is 163 Å². The quantitative estimate of drug-likeness (QED) is 0.667. The molecule has 9 heteroatoms. The fraction of sp³-hybridized carbons (Fsp3) is 0.556. The van der Waals surface area contributed by atoms with E-state index < -0.39 is 22.1 Å². The fourth-order valence-electron chi connectivity index (χ4n) is 2.99. The van der Waals surface area contributed by atoms with Gasteiger partial charge in [-0.25, -0.2) is 17.9 Å². The maximum absolute atomic E-state index is 12.4. The van der Waals surface area contributed by atoms with E-state index in [9.17, 15) is 18.0 Å². The molecule has 0 saturated heterocycles. The summed E-state index contributed by atoms with van der Waals surface area (Å²) in [5, 5.41) is 2.89. The molecule has 0 aromatic heterocycles. The first-order chi connectivity index (χ1) is 12.8. The molecule has 2 N–H and O–H groups in total. The molecule has 2 aliphatic rings. The lowest BCUT2D eigenvalue weighted by molar-refractivity contribution is -0.129. The van der Waals surface area contributed by atoms with Gasteiger partial charge in [-0.15, -0.1) is 0 Å². The van der Waals surface area contributed by atoms with Crippen LogP contribution in [0, 0.1) is 0 Å². The van der Waals surface area contributed by atoms with Gasteiger partial charge >= 0.3 is 5.97 Å². The molecule has 1 atom stereocenters. The average Bonchev–Trinajstić information content (AvgIpc) is 3.26. The molecular formula is C18H23ClN2O5S. The van der Waals surface area contributed by atoms with Gasteiger partial charge in [0.2, 0.25) is 10.0 Å². The molecule has 1 amide bonds. The second-order valence-corrected chi connectivity index (χ2v) is 9.17. The first kappa shape index (κ1) is 20.1. The smallest absolute Gasteiger partial charge is 0.338 e. The zero-order valence-corrected chi connectivity index (χ0v) is 16.6. The number of ether oxygens (including phenoxy) is 1. The van der Waals surface area contributed by atoms with Crippen LogP contribution in [0.1, 0.15) is 55.8 Å². The molecule has 0 radical (unpaired) electrons. The van der Waals surface area contributed by atoms with Crippen LogP contribution in [-0.4, -0.2) is 38.5 Å². The molecule has 3 rings (SSSR count). The van der Waals surface area contributed by atoms with Gasteiger partial charge in [0.15, 0.2) is 6.10 Å². The molecule has 7 nitrogen and oxygen atoms in total. The summed E-state index contributed by atoms with van der Waals surface area (Å²) in [7, 11) is -3.81. The van der Waals surface area contributed by atoms with Crippen LogP contribution in [0.4, 0.5) is 0 Å². The highest BCUT2D eigenvalue weighted by Gasteiger charge is 2.30. The third-order valence-electron chi connectivity index (χ3n) is 4.71. The maximum atomic E-state index is 12.4. The molecule has 27 heavy (non-hydrogen) atoms. The number of nitrogens with one attached hydrogen (secondary N) is 2. The van der Waals surface area contributed by atoms with E-state index in [1.54, 1.807) is 0 Å². The van der Waals surface area contributed by atoms with Crippen molar-refractivity contribution in [1.29, 1.82) is 0 Å². The number of rotatable bonds is 7. The van der Waals surface area contributed by atoms with Crippen LogP contribution >= 0.6 is 11.6 Å². The van der Waals surface area contributed by atoms with Gasteiger partial charge in [0, 0.05) is 12.1 Å². The van der Waals surface area contributed by atoms with Crippen LogP contribution in [0.15, 0.2) is 23.1 Å². The largest absolute Gasteiger partial charge is 0.449 e. The van der Waals surface area contributed by atoms with Crippen molar-refractivity contribution < 1.29 is 22.7 Å². The van der Waals surface area contributed by atoms with E-state index in [1.165, 1.54) is 25.1 Å². The SMILES string of the molecule is C[C@@H](OC(=O)c1ccc(Cl)c(S(=O)(=O)NC2CC2)c1)C(=O)NC1CCCC1. The third-order valence-corrected chi connectivity index (χ3v) is 6.71. The molecule has 0 heterocycles. The predicted molar refractivity (Wildman–Crippen MR) is 100 cm³/mol. The summed E-state index contributed by atoms with van der Waals surface area (Å²) in [5.41, 5.74) is 0.0242. The highest BCUT2D eigenvalue weighted by atomic mass is 35.5. The van der Waals surface area contributed by atoms with E-state index >= 15 is 0 Å². The van der Waals surface area contributed by atoms with Gasteiger partial charge < -0.3 is 10.1 Å².